The molecule has 0 spiro atoms. The molecule has 2 fully saturated rings. The molecule has 128 valence electrons. The molecule has 2 atom stereocenters. The Morgan fingerprint density at radius 1 is 1.25 bits per heavy atom. The van der Waals surface area contributed by atoms with Gasteiger partial charge in [0.1, 0.15) is 0 Å². The monoisotopic (exact) mass is 329 g/mol. The van der Waals surface area contributed by atoms with E-state index in [1.165, 1.54) is 12.1 Å². The molecule has 3 rings (SSSR count). The van der Waals surface area contributed by atoms with Crippen LogP contribution in [-0.2, 0) is 4.79 Å². The van der Waals surface area contributed by atoms with Gasteiger partial charge in [0.15, 0.2) is 0 Å². The molecule has 1 amide bonds. The Morgan fingerprint density at radius 2 is 1.88 bits per heavy atom. The van der Waals surface area contributed by atoms with E-state index in [0.29, 0.717) is 18.5 Å². The zero-order valence-corrected chi connectivity index (χ0v) is 13.9. The van der Waals surface area contributed by atoms with Crippen LogP contribution in [0.25, 0.3) is 6.08 Å². The summed E-state index contributed by atoms with van der Waals surface area (Å²) >= 11 is 0. The van der Waals surface area contributed by atoms with Crippen molar-refractivity contribution < 1.29 is 9.72 Å². The highest BCUT2D eigenvalue weighted by Gasteiger charge is 2.41. The lowest BCUT2D eigenvalue weighted by Gasteiger charge is -2.40. The third kappa shape index (κ3) is 3.48. The number of fused-ring (bicyclic) bond motifs is 2. The smallest absolute Gasteiger partial charge is 0.269 e. The number of rotatable bonds is 5. The van der Waals surface area contributed by atoms with Crippen LogP contribution in [0.4, 0.5) is 5.69 Å². The molecule has 2 heterocycles. The first kappa shape index (κ1) is 16.6. The Bertz CT molecular complexity index is 627. The molecule has 6 heteroatoms. The van der Waals surface area contributed by atoms with Crippen molar-refractivity contribution in [3.63, 3.8) is 0 Å². The van der Waals surface area contributed by atoms with Crippen LogP contribution < -0.4 is 0 Å². The number of non-ortho nitro benzene ring substituents is 1. The summed E-state index contributed by atoms with van der Waals surface area (Å²) in [6, 6.07) is 7.30. The number of hydrogen-bond acceptors (Lipinski definition) is 4. The minimum absolute atomic E-state index is 0.112. The summed E-state index contributed by atoms with van der Waals surface area (Å²) in [5, 5.41) is 10.6. The number of piperazine rings is 1. The predicted molar refractivity (Wildman–Crippen MR) is 92.5 cm³/mol. The fourth-order valence-electron chi connectivity index (χ4n) is 3.77. The molecule has 24 heavy (non-hydrogen) atoms. The first-order valence-electron chi connectivity index (χ1n) is 8.53. The van der Waals surface area contributed by atoms with Crippen molar-refractivity contribution in [3.8, 4) is 0 Å². The Morgan fingerprint density at radius 3 is 2.42 bits per heavy atom. The van der Waals surface area contributed by atoms with Gasteiger partial charge >= 0.3 is 0 Å². The van der Waals surface area contributed by atoms with Crippen molar-refractivity contribution in [2.75, 3.05) is 19.6 Å². The van der Waals surface area contributed by atoms with Crippen LogP contribution in [-0.4, -0.2) is 52.3 Å². The number of amides is 1. The van der Waals surface area contributed by atoms with Gasteiger partial charge in [-0.3, -0.25) is 19.8 Å². The molecule has 0 aliphatic carbocycles. The SMILES string of the molecule is CCC(=O)N1C2CCC1CN(CC=Cc1ccc([N+](=O)[O-])cc1)C2. The molecular formula is C18H23N3O3. The van der Waals surface area contributed by atoms with Gasteiger partial charge in [-0.2, -0.15) is 0 Å². The third-order valence-corrected chi connectivity index (χ3v) is 4.93. The third-order valence-electron chi connectivity index (χ3n) is 4.93. The zero-order chi connectivity index (χ0) is 17.1. The van der Waals surface area contributed by atoms with Gasteiger partial charge in [0.25, 0.3) is 5.69 Å². The minimum atomic E-state index is -0.389. The van der Waals surface area contributed by atoms with Crippen molar-refractivity contribution in [2.45, 2.75) is 38.3 Å². The number of carbonyl (C=O) groups excluding carboxylic acids is 1. The van der Waals surface area contributed by atoms with E-state index >= 15 is 0 Å². The average molecular weight is 329 g/mol. The largest absolute Gasteiger partial charge is 0.334 e. The molecule has 2 aliphatic rings. The van der Waals surface area contributed by atoms with E-state index in [2.05, 4.69) is 15.9 Å². The van der Waals surface area contributed by atoms with E-state index in [1.54, 1.807) is 12.1 Å². The average Bonchev–Trinajstić information content (AvgIpc) is 2.85. The lowest BCUT2D eigenvalue weighted by Crippen LogP contribution is -2.55. The molecule has 1 aromatic rings. The number of nitro benzene ring substituents is 1. The molecule has 1 aromatic carbocycles. The maximum absolute atomic E-state index is 12.1. The van der Waals surface area contributed by atoms with Crippen LogP contribution in [0.5, 0.6) is 0 Å². The van der Waals surface area contributed by atoms with Gasteiger partial charge in [-0.05, 0) is 30.5 Å². The summed E-state index contributed by atoms with van der Waals surface area (Å²) in [7, 11) is 0. The van der Waals surface area contributed by atoms with Gasteiger partial charge < -0.3 is 4.90 Å². The van der Waals surface area contributed by atoms with Gasteiger partial charge in [-0.15, -0.1) is 0 Å². The molecule has 2 bridgehead atoms. The molecule has 0 aromatic heterocycles. The highest BCUT2D eigenvalue weighted by Crippen LogP contribution is 2.30. The van der Waals surface area contributed by atoms with E-state index in [9.17, 15) is 14.9 Å². The maximum atomic E-state index is 12.1. The number of likely N-dealkylation sites (tertiary alicyclic amines) is 1. The van der Waals surface area contributed by atoms with E-state index < -0.39 is 0 Å². The summed E-state index contributed by atoms with van der Waals surface area (Å²) in [4.78, 5) is 26.8. The topological polar surface area (TPSA) is 66.7 Å². The zero-order valence-electron chi connectivity index (χ0n) is 13.9. The molecule has 0 saturated carbocycles. The van der Waals surface area contributed by atoms with Crippen LogP contribution in [0.1, 0.15) is 31.7 Å². The minimum Gasteiger partial charge on any atom is -0.334 e. The van der Waals surface area contributed by atoms with Gasteiger partial charge in [0.05, 0.1) is 4.92 Å². The van der Waals surface area contributed by atoms with Crippen molar-refractivity contribution in [3.05, 3.63) is 46.0 Å². The van der Waals surface area contributed by atoms with Gasteiger partial charge in [0, 0.05) is 50.3 Å². The Kier molecular flexibility index (Phi) is 4.94. The predicted octanol–water partition coefficient (Wildman–Crippen LogP) is 2.69. The first-order valence-corrected chi connectivity index (χ1v) is 8.53. The van der Waals surface area contributed by atoms with Crippen molar-refractivity contribution in [1.82, 2.24) is 9.80 Å². The highest BCUT2D eigenvalue weighted by atomic mass is 16.6. The fraction of sp³-hybridized carbons (Fsp3) is 0.500. The van der Waals surface area contributed by atoms with E-state index in [4.69, 9.17) is 0 Å². The van der Waals surface area contributed by atoms with Gasteiger partial charge in [-0.25, -0.2) is 0 Å². The molecular weight excluding hydrogens is 306 g/mol. The number of benzene rings is 1. The summed E-state index contributed by atoms with van der Waals surface area (Å²) < 4.78 is 0. The second kappa shape index (κ2) is 7.13. The lowest BCUT2D eigenvalue weighted by molar-refractivity contribution is -0.384. The van der Waals surface area contributed by atoms with Crippen LogP contribution in [0, 0.1) is 10.1 Å². The Labute approximate surface area is 141 Å². The maximum Gasteiger partial charge on any atom is 0.269 e. The molecule has 0 N–H and O–H groups in total. The number of hydrogen-bond donors (Lipinski definition) is 0. The van der Waals surface area contributed by atoms with E-state index in [0.717, 1.165) is 38.0 Å². The molecule has 2 aliphatic heterocycles. The summed E-state index contributed by atoms with van der Waals surface area (Å²) in [6.07, 6.45) is 6.90. The van der Waals surface area contributed by atoms with Gasteiger partial charge in [0.2, 0.25) is 5.91 Å². The first-order chi connectivity index (χ1) is 11.6. The van der Waals surface area contributed by atoms with Crippen LogP contribution in [0.15, 0.2) is 30.3 Å². The lowest BCUT2D eigenvalue weighted by atomic mass is 10.1. The van der Waals surface area contributed by atoms with E-state index in [-0.39, 0.29) is 16.5 Å². The van der Waals surface area contributed by atoms with Crippen LogP contribution in [0.3, 0.4) is 0 Å². The van der Waals surface area contributed by atoms with Crippen molar-refractivity contribution >= 4 is 17.7 Å². The van der Waals surface area contributed by atoms with Crippen molar-refractivity contribution in [1.29, 1.82) is 0 Å². The number of carbonyl (C=O) groups is 1. The molecule has 6 nitrogen and oxygen atoms in total. The van der Waals surface area contributed by atoms with Crippen molar-refractivity contribution in [2.24, 2.45) is 0 Å². The van der Waals surface area contributed by atoms with E-state index in [1.807, 2.05) is 13.0 Å². The van der Waals surface area contributed by atoms with Gasteiger partial charge in [-0.1, -0.05) is 19.1 Å². The number of nitrogens with zero attached hydrogens (tertiary/aromatic N) is 3. The molecule has 2 unspecified atom stereocenters. The standard InChI is InChI=1S/C18H23N3O3/c1-2-18(22)20-16-9-10-17(20)13-19(12-16)11-3-4-14-5-7-15(8-6-14)21(23)24/h3-8,16-17H,2,9-13H2,1H3. The van der Waals surface area contributed by atoms with Crippen LogP contribution >= 0.6 is 0 Å². The summed E-state index contributed by atoms with van der Waals surface area (Å²) in [5.74, 6) is 0.281. The number of nitro groups is 1. The molecule has 2 saturated heterocycles. The summed E-state index contributed by atoms with van der Waals surface area (Å²) in [5.41, 5.74) is 1.07. The fourth-order valence-corrected chi connectivity index (χ4v) is 3.77. The second-order valence-corrected chi connectivity index (χ2v) is 6.51. The second-order valence-electron chi connectivity index (χ2n) is 6.51. The molecule has 0 radical (unpaired) electrons. The Hall–Kier alpha value is -2.21. The van der Waals surface area contributed by atoms with Crippen LogP contribution in [0.2, 0.25) is 0 Å². The summed E-state index contributed by atoms with van der Waals surface area (Å²) in [6.45, 7) is 4.65. The normalized spacial score (nSPS) is 23.8. The highest BCUT2D eigenvalue weighted by molar-refractivity contribution is 5.77. The Balaban J connectivity index is 1.55. The quantitative estimate of drug-likeness (QED) is 0.615.